The molecule has 0 bridgehead atoms. The zero-order chi connectivity index (χ0) is 19.6. The van der Waals surface area contributed by atoms with Crippen LogP contribution in [-0.4, -0.2) is 33.2 Å². The molecule has 1 aromatic rings. The summed E-state index contributed by atoms with van der Waals surface area (Å²) in [6.45, 7) is 5.83. The second kappa shape index (κ2) is 11.8. The predicted octanol–water partition coefficient (Wildman–Crippen LogP) is 3.44. The Kier molecular flexibility index (Phi) is 11.0. The van der Waals surface area contributed by atoms with Crippen LogP contribution in [0.15, 0.2) is 30.3 Å². The smallest absolute Gasteiger partial charge is 0.142 e. The number of Topliss-reactive ketones (excluding diaryl/α,β-unsaturated/α-hetero) is 4. The molecule has 4 nitrogen and oxygen atoms in total. The molecule has 0 fully saturated rings. The summed E-state index contributed by atoms with van der Waals surface area (Å²) in [4.78, 5) is 43.9. The number of carbonyl (C=O) groups is 4. The Balaban J connectivity index is 0.000000547. The van der Waals surface area contributed by atoms with Crippen LogP contribution < -0.4 is 0 Å². The number of ketones is 4. The molecule has 1 aromatic carbocycles. The highest BCUT2D eigenvalue weighted by Gasteiger charge is 2.22. The molecule has 0 amide bonds. The van der Waals surface area contributed by atoms with Gasteiger partial charge in [0, 0.05) is 17.7 Å². The van der Waals surface area contributed by atoms with Crippen LogP contribution in [0.3, 0.4) is 0 Å². The summed E-state index contributed by atoms with van der Waals surface area (Å²) in [5.41, 5.74) is 0.846. The van der Waals surface area contributed by atoms with Crippen LogP contribution in [0.5, 0.6) is 0 Å². The maximum absolute atomic E-state index is 11.5. The second-order valence-electron chi connectivity index (χ2n) is 5.83. The van der Waals surface area contributed by atoms with Crippen molar-refractivity contribution in [2.24, 2.45) is 5.92 Å². The van der Waals surface area contributed by atoms with E-state index < -0.39 is 11.2 Å². The van der Waals surface area contributed by atoms with Crippen LogP contribution in [-0.2, 0) is 19.2 Å². The summed E-state index contributed by atoms with van der Waals surface area (Å²) < 4.78 is 0. The number of benzene rings is 1. The van der Waals surface area contributed by atoms with Gasteiger partial charge in [0.15, 0.2) is 0 Å². The van der Waals surface area contributed by atoms with Crippen molar-refractivity contribution >= 4 is 52.8 Å². The Hall–Kier alpha value is -1.66. The van der Waals surface area contributed by atoms with E-state index in [9.17, 15) is 19.2 Å². The maximum Gasteiger partial charge on any atom is 0.142 e. The van der Waals surface area contributed by atoms with Crippen molar-refractivity contribution in [3.05, 3.63) is 35.9 Å². The molecule has 0 aromatic heterocycles. The topological polar surface area (TPSA) is 68.3 Å². The van der Waals surface area contributed by atoms with Crippen LogP contribution in [0.4, 0.5) is 0 Å². The van der Waals surface area contributed by atoms with E-state index in [1.807, 2.05) is 30.3 Å². The third-order valence-electron chi connectivity index (χ3n) is 3.31. The van der Waals surface area contributed by atoms with Crippen molar-refractivity contribution in [3.63, 3.8) is 0 Å². The Labute approximate surface area is 159 Å². The molecule has 136 valence electrons. The van der Waals surface area contributed by atoms with Crippen LogP contribution in [0.1, 0.15) is 46.1 Å². The third-order valence-corrected chi connectivity index (χ3v) is 4.37. The lowest BCUT2D eigenvalue weighted by molar-refractivity contribution is -0.123. The molecular formula is C19H24O4S2. The number of rotatable bonds is 8. The van der Waals surface area contributed by atoms with Gasteiger partial charge in [-0.1, -0.05) is 42.5 Å². The molecule has 1 rings (SSSR count). The van der Waals surface area contributed by atoms with Gasteiger partial charge in [-0.2, -0.15) is 12.6 Å². The lowest BCUT2D eigenvalue weighted by Gasteiger charge is -2.13. The first-order chi connectivity index (χ1) is 11.6. The summed E-state index contributed by atoms with van der Waals surface area (Å²) in [6, 6.07) is 9.34. The van der Waals surface area contributed by atoms with E-state index >= 15 is 0 Å². The highest BCUT2D eigenvalue weighted by Crippen LogP contribution is 2.15. The molecule has 2 unspecified atom stereocenters. The van der Waals surface area contributed by atoms with E-state index in [1.54, 1.807) is 0 Å². The highest BCUT2D eigenvalue weighted by molar-refractivity contribution is 7.81. The van der Waals surface area contributed by atoms with Gasteiger partial charge in [0.2, 0.25) is 0 Å². The molecule has 2 atom stereocenters. The van der Waals surface area contributed by atoms with E-state index in [0.717, 1.165) is 5.56 Å². The SMILES string of the molecule is CC(=O)CC(C(C)=O)C(=S)c1ccccc1.CC(=O)CC(S)C(C)=O. The molecule has 25 heavy (non-hydrogen) atoms. The summed E-state index contributed by atoms with van der Waals surface area (Å²) in [5, 5.41) is -0.400. The van der Waals surface area contributed by atoms with Crippen molar-refractivity contribution in [3.8, 4) is 0 Å². The molecular weight excluding hydrogens is 356 g/mol. The van der Waals surface area contributed by atoms with Crippen molar-refractivity contribution in [1.29, 1.82) is 0 Å². The quantitative estimate of drug-likeness (QED) is 0.425. The van der Waals surface area contributed by atoms with Crippen LogP contribution in [0.2, 0.25) is 0 Å². The molecule has 0 radical (unpaired) electrons. The molecule has 0 aliphatic carbocycles. The van der Waals surface area contributed by atoms with Crippen molar-refractivity contribution in [2.75, 3.05) is 0 Å². The largest absolute Gasteiger partial charge is 0.300 e. The van der Waals surface area contributed by atoms with Gasteiger partial charge in [-0.25, -0.2) is 0 Å². The monoisotopic (exact) mass is 380 g/mol. The van der Waals surface area contributed by atoms with Crippen LogP contribution in [0.25, 0.3) is 0 Å². The average Bonchev–Trinajstić information content (AvgIpc) is 2.52. The van der Waals surface area contributed by atoms with E-state index in [2.05, 4.69) is 12.6 Å². The van der Waals surface area contributed by atoms with Gasteiger partial charge in [0.25, 0.3) is 0 Å². The molecule has 0 aliphatic heterocycles. The van der Waals surface area contributed by atoms with Crippen molar-refractivity contribution in [2.45, 2.75) is 45.8 Å². The predicted molar refractivity (Wildman–Crippen MR) is 106 cm³/mol. The summed E-state index contributed by atoms with van der Waals surface area (Å²) >= 11 is 9.16. The van der Waals surface area contributed by atoms with Gasteiger partial charge in [-0.3, -0.25) is 19.2 Å². The Morgan fingerprint density at radius 1 is 0.880 bits per heavy atom. The van der Waals surface area contributed by atoms with E-state index in [0.29, 0.717) is 4.86 Å². The van der Waals surface area contributed by atoms with Crippen molar-refractivity contribution < 1.29 is 19.2 Å². The number of hydrogen-bond donors (Lipinski definition) is 1. The molecule has 0 heterocycles. The first-order valence-electron chi connectivity index (χ1n) is 7.83. The minimum absolute atomic E-state index is 0.00481. The molecule has 0 N–H and O–H groups in total. The Morgan fingerprint density at radius 2 is 1.36 bits per heavy atom. The van der Waals surface area contributed by atoms with Gasteiger partial charge in [0.1, 0.15) is 23.1 Å². The Bertz CT molecular complexity index is 638. The molecule has 0 saturated heterocycles. The minimum atomic E-state index is -0.463. The summed E-state index contributed by atoms with van der Waals surface area (Å²) in [6.07, 6.45) is 0.446. The maximum atomic E-state index is 11.5. The normalized spacial score (nSPS) is 12.2. The number of thiol groups is 1. The Morgan fingerprint density at radius 3 is 1.68 bits per heavy atom. The fourth-order valence-electron chi connectivity index (χ4n) is 1.93. The fraction of sp³-hybridized carbons (Fsp3) is 0.421. The molecule has 0 saturated carbocycles. The van der Waals surface area contributed by atoms with E-state index in [-0.39, 0.29) is 36.0 Å². The average molecular weight is 381 g/mol. The standard InChI is InChI=1S/C13H14O2S.C6H10O2S/c1-9(14)8-12(10(2)15)13(16)11-6-4-3-5-7-11;1-4(7)3-6(9)5(2)8/h3-7,12H,8H2,1-2H3;6,9H,3H2,1-2H3. The molecule has 0 spiro atoms. The fourth-order valence-corrected chi connectivity index (χ4v) is 2.57. The summed E-state index contributed by atoms with van der Waals surface area (Å²) in [7, 11) is 0. The molecule has 0 aliphatic rings. The van der Waals surface area contributed by atoms with Crippen LogP contribution in [0, 0.1) is 5.92 Å². The zero-order valence-electron chi connectivity index (χ0n) is 14.9. The lowest BCUT2D eigenvalue weighted by atomic mass is 9.91. The summed E-state index contributed by atoms with van der Waals surface area (Å²) in [5.74, 6) is -0.573. The third kappa shape index (κ3) is 10.0. The van der Waals surface area contributed by atoms with E-state index in [1.165, 1.54) is 27.7 Å². The number of hydrogen-bond acceptors (Lipinski definition) is 6. The van der Waals surface area contributed by atoms with Gasteiger partial charge in [-0.05, 0) is 33.3 Å². The van der Waals surface area contributed by atoms with Crippen LogP contribution >= 0.6 is 24.8 Å². The number of thiocarbonyl (C=S) groups is 1. The van der Waals surface area contributed by atoms with Gasteiger partial charge >= 0.3 is 0 Å². The highest BCUT2D eigenvalue weighted by atomic mass is 32.1. The van der Waals surface area contributed by atoms with Gasteiger partial charge in [0.05, 0.1) is 11.2 Å². The molecule has 6 heteroatoms. The first kappa shape index (κ1) is 23.3. The van der Waals surface area contributed by atoms with E-state index in [4.69, 9.17) is 12.2 Å². The number of carbonyl (C=O) groups excluding carboxylic acids is 4. The minimum Gasteiger partial charge on any atom is -0.300 e. The van der Waals surface area contributed by atoms with Gasteiger partial charge < -0.3 is 0 Å². The zero-order valence-corrected chi connectivity index (χ0v) is 16.7. The lowest BCUT2D eigenvalue weighted by Crippen LogP contribution is -2.23. The first-order valence-corrected chi connectivity index (χ1v) is 8.75. The van der Waals surface area contributed by atoms with Gasteiger partial charge in [-0.15, -0.1) is 0 Å². The second-order valence-corrected chi connectivity index (χ2v) is 6.90. The van der Waals surface area contributed by atoms with Crippen molar-refractivity contribution in [1.82, 2.24) is 0 Å².